The largest absolute Gasteiger partial charge is 0.214 e. The minimum absolute atomic E-state index is 0.0188. The summed E-state index contributed by atoms with van der Waals surface area (Å²) >= 11 is 5.41. The highest BCUT2D eigenvalue weighted by molar-refractivity contribution is 7.89. The van der Waals surface area contributed by atoms with E-state index in [1.165, 1.54) is 4.31 Å². The van der Waals surface area contributed by atoms with Gasteiger partial charge in [0.1, 0.15) is 0 Å². The molecule has 5 heteroatoms. The molecule has 0 aliphatic carbocycles. The smallest absolute Gasteiger partial charge is 0.212 e. The maximum absolute atomic E-state index is 11.4. The van der Waals surface area contributed by atoms with Crippen molar-refractivity contribution in [1.29, 1.82) is 0 Å². The number of hydrogen-bond acceptors (Lipinski definition) is 2. The summed E-state index contributed by atoms with van der Waals surface area (Å²) < 4.78 is 24.2. The lowest BCUT2D eigenvalue weighted by molar-refractivity contribution is 0.410. The van der Waals surface area contributed by atoms with Gasteiger partial charge in [-0.25, -0.2) is 12.7 Å². The Morgan fingerprint density at radius 3 is 2.25 bits per heavy atom. The van der Waals surface area contributed by atoms with Crippen LogP contribution in [-0.2, 0) is 10.0 Å². The molecule has 0 aromatic carbocycles. The fourth-order valence-corrected chi connectivity index (χ4v) is 2.43. The van der Waals surface area contributed by atoms with Crippen LogP contribution >= 0.6 is 11.6 Å². The van der Waals surface area contributed by atoms with Gasteiger partial charge < -0.3 is 0 Å². The second kappa shape index (κ2) is 5.04. The van der Waals surface area contributed by atoms with Crippen molar-refractivity contribution in [2.75, 3.05) is 18.7 Å². The third-order valence-corrected chi connectivity index (χ3v) is 4.07. The quantitative estimate of drug-likeness (QED) is 0.646. The van der Waals surface area contributed by atoms with E-state index in [9.17, 15) is 8.42 Å². The molecule has 0 saturated carbocycles. The molecule has 0 aliphatic rings. The van der Waals surface area contributed by atoms with Crippen LogP contribution in [0.15, 0.2) is 0 Å². The van der Waals surface area contributed by atoms with Crippen LogP contribution in [0.4, 0.5) is 0 Å². The van der Waals surface area contributed by atoms with E-state index in [1.54, 1.807) is 7.05 Å². The van der Waals surface area contributed by atoms with Crippen LogP contribution < -0.4 is 0 Å². The standard InChI is InChI=1S/C7H16ClNO2S/c1-7(2)9(3)12(10,11)6-4-5-8/h7H,4-6H2,1-3H3. The van der Waals surface area contributed by atoms with Crippen molar-refractivity contribution in [3.8, 4) is 0 Å². The average Bonchev–Trinajstić information content (AvgIpc) is 1.99. The Morgan fingerprint density at radius 1 is 1.42 bits per heavy atom. The molecular weight excluding hydrogens is 198 g/mol. The third-order valence-electron chi connectivity index (χ3n) is 1.70. The second-order valence-electron chi connectivity index (χ2n) is 2.97. The van der Waals surface area contributed by atoms with Crippen molar-refractivity contribution < 1.29 is 8.42 Å². The van der Waals surface area contributed by atoms with Gasteiger partial charge in [-0.3, -0.25) is 0 Å². The molecule has 0 aromatic rings. The Labute approximate surface area is 79.8 Å². The third kappa shape index (κ3) is 3.74. The van der Waals surface area contributed by atoms with Gasteiger partial charge in [0.05, 0.1) is 5.75 Å². The normalized spacial score (nSPS) is 12.8. The highest BCUT2D eigenvalue weighted by atomic mass is 35.5. The first-order valence-electron chi connectivity index (χ1n) is 3.93. The Balaban J connectivity index is 4.21. The number of sulfonamides is 1. The van der Waals surface area contributed by atoms with E-state index in [0.717, 1.165) is 0 Å². The van der Waals surface area contributed by atoms with Gasteiger partial charge in [-0.05, 0) is 20.3 Å². The van der Waals surface area contributed by atoms with E-state index >= 15 is 0 Å². The van der Waals surface area contributed by atoms with Gasteiger partial charge in [-0.1, -0.05) is 0 Å². The molecule has 0 rings (SSSR count). The summed E-state index contributed by atoms with van der Waals surface area (Å²) in [5, 5.41) is 0. The van der Waals surface area contributed by atoms with E-state index in [2.05, 4.69) is 0 Å². The molecule has 0 spiro atoms. The predicted octanol–water partition coefficient (Wildman–Crippen LogP) is 1.29. The molecule has 0 atom stereocenters. The van der Waals surface area contributed by atoms with Gasteiger partial charge in [-0.2, -0.15) is 0 Å². The Bertz CT molecular complexity index is 213. The second-order valence-corrected chi connectivity index (χ2v) is 5.49. The molecule has 12 heavy (non-hydrogen) atoms. The van der Waals surface area contributed by atoms with Crippen LogP contribution in [0.1, 0.15) is 20.3 Å². The number of hydrogen-bond donors (Lipinski definition) is 0. The number of rotatable bonds is 5. The molecule has 0 bridgehead atoms. The minimum Gasteiger partial charge on any atom is -0.212 e. The van der Waals surface area contributed by atoms with Crippen LogP contribution in [-0.4, -0.2) is 37.4 Å². The highest BCUT2D eigenvalue weighted by Gasteiger charge is 2.19. The highest BCUT2D eigenvalue weighted by Crippen LogP contribution is 2.05. The Kier molecular flexibility index (Phi) is 5.13. The number of nitrogens with zero attached hydrogens (tertiary/aromatic N) is 1. The van der Waals surface area contributed by atoms with Crippen molar-refractivity contribution in [1.82, 2.24) is 4.31 Å². The molecule has 0 unspecified atom stereocenters. The lowest BCUT2D eigenvalue weighted by Crippen LogP contribution is -2.34. The SMILES string of the molecule is CC(C)N(C)S(=O)(=O)CCCCl. The van der Waals surface area contributed by atoms with Gasteiger partial charge in [-0.15, -0.1) is 11.6 Å². The van der Waals surface area contributed by atoms with Gasteiger partial charge in [0, 0.05) is 19.0 Å². The molecule has 0 fully saturated rings. The molecule has 0 N–H and O–H groups in total. The van der Waals surface area contributed by atoms with Gasteiger partial charge >= 0.3 is 0 Å². The van der Waals surface area contributed by atoms with E-state index in [-0.39, 0.29) is 11.8 Å². The fraction of sp³-hybridized carbons (Fsp3) is 1.00. The van der Waals surface area contributed by atoms with Crippen LogP contribution in [0.25, 0.3) is 0 Å². The molecule has 0 amide bonds. The van der Waals surface area contributed by atoms with Crippen LogP contribution in [0, 0.1) is 0 Å². The summed E-state index contributed by atoms with van der Waals surface area (Å²) in [5.74, 6) is 0.538. The van der Waals surface area contributed by atoms with Crippen molar-refractivity contribution in [2.24, 2.45) is 0 Å². The lowest BCUT2D eigenvalue weighted by atomic mass is 10.4. The summed E-state index contributed by atoms with van der Waals surface area (Å²) in [6.45, 7) is 3.69. The zero-order valence-corrected chi connectivity index (χ0v) is 9.32. The molecule has 3 nitrogen and oxygen atoms in total. The number of halogens is 1. The van der Waals surface area contributed by atoms with Gasteiger partial charge in [0.25, 0.3) is 0 Å². The molecule has 74 valence electrons. The molecular formula is C7H16ClNO2S. The summed E-state index contributed by atoms with van der Waals surface area (Å²) in [6, 6.07) is 0.0188. The summed E-state index contributed by atoms with van der Waals surface area (Å²) in [5.41, 5.74) is 0. The summed E-state index contributed by atoms with van der Waals surface area (Å²) in [7, 11) is -1.48. The fourth-order valence-electron chi connectivity index (χ4n) is 0.702. The molecule has 0 aromatic heterocycles. The topological polar surface area (TPSA) is 37.4 Å². The predicted molar refractivity (Wildman–Crippen MR) is 52.0 cm³/mol. The molecule has 0 saturated heterocycles. The van der Waals surface area contributed by atoms with E-state index < -0.39 is 10.0 Å². The van der Waals surface area contributed by atoms with E-state index in [4.69, 9.17) is 11.6 Å². The zero-order chi connectivity index (χ0) is 9.78. The van der Waals surface area contributed by atoms with Crippen LogP contribution in [0.5, 0.6) is 0 Å². The molecule has 0 heterocycles. The zero-order valence-electron chi connectivity index (χ0n) is 7.75. The lowest BCUT2D eigenvalue weighted by Gasteiger charge is -2.20. The maximum atomic E-state index is 11.4. The van der Waals surface area contributed by atoms with Crippen LogP contribution in [0.3, 0.4) is 0 Å². The summed E-state index contributed by atoms with van der Waals surface area (Å²) in [4.78, 5) is 0. The Morgan fingerprint density at radius 2 is 1.92 bits per heavy atom. The molecule has 0 radical (unpaired) electrons. The average molecular weight is 214 g/mol. The first kappa shape index (κ1) is 12.2. The van der Waals surface area contributed by atoms with Crippen molar-refractivity contribution in [3.05, 3.63) is 0 Å². The van der Waals surface area contributed by atoms with Gasteiger partial charge in [0.15, 0.2) is 0 Å². The first-order valence-corrected chi connectivity index (χ1v) is 6.08. The van der Waals surface area contributed by atoms with Crippen molar-refractivity contribution >= 4 is 21.6 Å². The number of alkyl halides is 1. The van der Waals surface area contributed by atoms with Crippen molar-refractivity contribution in [3.63, 3.8) is 0 Å². The summed E-state index contributed by atoms with van der Waals surface area (Å²) in [6.07, 6.45) is 0.515. The Hall–Kier alpha value is 0.200. The first-order chi connectivity index (χ1) is 5.41. The maximum Gasteiger partial charge on any atom is 0.214 e. The minimum atomic E-state index is -3.07. The van der Waals surface area contributed by atoms with Crippen LogP contribution in [0.2, 0.25) is 0 Å². The monoisotopic (exact) mass is 213 g/mol. The van der Waals surface area contributed by atoms with E-state index in [1.807, 2.05) is 13.8 Å². The van der Waals surface area contributed by atoms with Crippen molar-refractivity contribution in [2.45, 2.75) is 26.3 Å². The van der Waals surface area contributed by atoms with Gasteiger partial charge in [0.2, 0.25) is 10.0 Å². The van der Waals surface area contributed by atoms with E-state index in [0.29, 0.717) is 12.3 Å². The molecule has 0 aliphatic heterocycles.